The summed E-state index contributed by atoms with van der Waals surface area (Å²) in [6, 6.07) is 4.92. The molecule has 1 atom stereocenters. The zero-order valence-corrected chi connectivity index (χ0v) is 12.2. The normalized spacial score (nSPS) is 12.0. The minimum atomic E-state index is -0.451. The third-order valence-corrected chi connectivity index (χ3v) is 2.95. The number of nitrogens with two attached hydrogens (primary N) is 1. The van der Waals surface area contributed by atoms with Gasteiger partial charge in [-0.15, -0.1) is 0 Å². The first-order chi connectivity index (χ1) is 9.08. The Balaban J connectivity index is 2.64. The number of benzene rings is 1. The summed E-state index contributed by atoms with van der Waals surface area (Å²) in [5.74, 6) is 0.554. The molecule has 0 fully saturated rings. The van der Waals surface area contributed by atoms with Crippen LogP contribution in [-0.4, -0.2) is 18.6 Å². The molecule has 0 saturated carbocycles. The number of hydrogen-bond donors (Lipinski definition) is 2. The van der Waals surface area contributed by atoms with Gasteiger partial charge in [0.15, 0.2) is 0 Å². The highest BCUT2D eigenvalue weighted by Gasteiger charge is 2.12. The lowest BCUT2D eigenvalue weighted by Gasteiger charge is -2.14. The number of carbonyl (C=O) groups excluding carboxylic acids is 1. The first-order valence-electron chi connectivity index (χ1n) is 6.53. The fourth-order valence-electron chi connectivity index (χ4n) is 1.72. The standard InChI is InChI=1S/C14H21ClN2O2/c1-3-5-12(16)14(18)17-9-10-6-7-11(15)8-13(10)19-4-2/h6-8,12H,3-5,9,16H2,1-2H3,(H,17,18). The van der Waals surface area contributed by atoms with E-state index in [4.69, 9.17) is 22.1 Å². The summed E-state index contributed by atoms with van der Waals surface area (Å²) in [5.41, 5.74) is 6.64. The monoisotopic (exact) mass is 284 g/mol. The van der Waals surface area contributed by atoms with E-state index < -0.39 is 6.04 Å². The molecule has 0 radical (unpaired) electrons. The van der Waals surface area contributed by atoms with Crippen LogP contribution in [0.5, 0.6) is 5.75 Å². The lowest BCUT2D eigenvalue weighted by Crippen LogP contribution is -2.40. The highest BCUT2D eigenvalue weighted by molar-refractivity contribution is 6.30. The quantitative estimate of drug-likeness (QED) is 0.808. The summed E-state index contributed by atoms with van der Waals surface area (Å²) >= 11 is 5.92. The number of rotatable bonds is 7. The van der Waals surface area contributed by atoms with Gasteiger partial charge in [-0.3, -0.25) is 4.79 Å². The molecule has 0 bridgehead atoms. The summed E-state index contributed by atoms with van der Waals surface area (Å²) in [7, 11) is 0. The van der Waals surface area contributed by atoms with E-state index in [0.717, 1.165) is 12.0 Å². The molecule has 0 aliphatic carbocycles. The van der Waals surface area contributed by atoms with Crippen LogP contribution in [0.25, 0.3) is 0 Å². The molecule has 5 heteroatoms. The van der Waals surface area contributed by atoms with Crippen LogP contribution in [0.1, 0.15) is 32.3 Å². The Morgan fingerprint density at radius 2 is 2.21 bits per heavy atom. The minimum absolute atomic E-state index is 0.140. The summed E-state index contributed by atoms with van der Waals surface area (Å²) in [6.07, 6.45) is 1.57. The number of hydrogen-bond acceptors (Lipinski definition) is 3. The third kappa shape index (κ3) is 5.09. The Bertz CT molecular complexity index is 424. The van der Waals surface area contributed by atoms with Crippen LogP contribution in [0, 0.1) is 0 Å². The Kier molecular flexibility index (Phi) is 6.67. The number of ether oxygens (including phenoxy) is 1. The van der Waals surface area contributed by atoms with Gasteiger partial charge in [0, 0.05) is 17.1 Å². The van der Waals surface area contributed by atoms with Gasteiger partial charge in [0.05, 0.1) is 12.6 Å². The Morgan fingerprint density at radius 1 is 1.47 bits per heavy atom. The molecule has 1 unspecified atom stereocenters. The summed E-state index contributed by atoms with van der Waals surface area (Å²) in [5, 5.41) is 3.43. The van der Waals surface area contributed by atoms with Crippen molar-refractivity contribution in [2.45, 2.75) is 39.3 Å². The van der Waals surface area contributed by atoms with Gasteiger partial charge < -0.3 is 15.8 Å². The summed E-state index contributed by atoms with van der Waals surface area (Å²) in [4.78, 5) is 11.7. The second-order valence-corrected chi connectivity index (χ2v) is 4.73. The van der Waals surface area contributed by atoms with Crippen molar-refractivity contribution in [1.29, 1.82) is 0 Å². The van der Waals surface area contributed by atoms with Crippen molar-refractivity contribution in [3.05, 3.63) is 28.8 Å². The van der Waals surface area contributed by atoms with E-state index in [1.165, 1.54) is 0 Å². The Labute approximate surface area is 119 Å². The fourth-order valence-corrected chi connectivity index (χ4v) is 1.88. The minimum Gasteiger partial charge on any atom is -0.493 e. The van der Waals surface area contributed by atoms with Gasteiger partial charge in [0.25, 0.3) is 0 Å². The van der Waals surface area contributed by atoms with Gasteiger partial charge in [0.2, 0.25) is 5.91 Å². The van der Waals surface area contributed by atoms with Crippen LogP contribution in [0.2, 0.25) is 5.02 Å². The molecule has 0 aromatic heterocycles. The lowest BCUT2D eigenvalue weighted by molar-refractivity contribution is -0.122. The van der Waals surface area contributed by atoms with E-state index >= 15 is 0 Å². The predicted octanol–water partition coefficient (Wildman–Crippen LogP) is 2.48. The average molecular weight is 285 g/mol. The number of amides is 1. The number of carbonyl (C=O) groups is 1. The van der Waals surface area contributed by atoms with Gasteiger partial charge in [0.1, 0.15) is 5.75 Å². The molecule has 0 spiro atoms. The molecule has 19 heavy (non-hydrogen) atoms. The van der Waals surface area contributed by atoms with E-state index in [1.54, 1.807) is 12.1 Å². The molecule has 1 aromatic carbocycles. The lowest BCUT2D eigenvalue weighted by atomic mass is 10.1. The van der Waals surface area contributed by atoms with Crippen LogP contribution < -0.4 is 15.8 Å². The van der Waals surface area contributed by atoms with Gasteiger partial charge >= 0.3 is 0 Å². The van der Waals surface area contributed by atoms with Crippen LogP contribution in [0.3, 0.4) is 0 Å². The SMILES string of the molecule is CCCC(N)C(=O)NCc1ccc(Cl)cc1OCC. The van der Waals surface area contributed by atoms with Crippen molar-refractivity contribution in [3.63, 3.8) is 0 Å². The van der Waals surface area contributed by atoms with E-state index in [2.05, 4.69) is 5.32 Å². The maximum Gasteiger partial charge on any atom is 0.237 e. The Hall–Kier alpha value is -1.26. The van der Waals surface area contributed by atoms with Gasteiger partial charge in [-0.05, 0) is 25.5 Å². The Morgan fingerprint density at radius 3 is 2.84 bits per heavy atom. The number of halogens is 1. The summed E-state index contributed by atoms with van der Waals surface area (Å²) in [6.45, 7) is 4.85. The van der Waals surface area contributed by atoms with Crippen LogP contribution in [0.15, 0.2) is 18.2 Å². The van der Waals surface area contributed by atoms with Gasteiger partial charge in [-0.25, -0.2) is 0 Å². The molecule has 3 N–H and O–H groups in total. The van der Waals surface area contributed by atoms with E-state index in [9.17, 15) is 4.79 Å². The van der Waals surface area contributed by atoms with E-state index in [-0.39, 0.29) is 5.91 Å². The molecular formula is C14H21ClN2O2. The van der Waals surface area contributed by atoms with Crippen molar-refractivity contribution in [3.8, 4) is 5.75 Å². The highest BCUT2D eigenvalue weighted by atomic mass is 35.5. The van der Waals surface area contributed by atoms with Crippen molar-refractivity contribution in [1.82, 2.24) is 5.32 Å². The van der Waals surface area contributed by atoms with Crippen molar-refractivity contribution >= 4 is 17.5 Å². The molecule has 1 rings (SSSR count). The fraction of sp³-hybridized carbons (Fsp3) is 0.500. The van der Waals surface area contributed by atoms with Crippen molar-refractivity contribution < 1.29 is 9.53 Å². The van der Waals surface area contributed by atoms with Crippen LogP contribution in [0.4, 0.5) is 0 Å². The molecule has 0 heterocycles. The topological polar surface area (TPSA) is 64.4 Å². The van der Waals surface area contributed by atoms with E-state index in [0.29, 0.717) is 30.3 Å². The second-order valence-electron chi connectivity index (χ2n) is 4.30. The van der Waals surface area contributed by atoms with Gasteiger partial charge in [-0.2, -0.15) is 0 Å². The van der Waals surface area contributed by atoms with Crippen molar-refractivity contribution in [2.24, 2.45) is 5.73 Å². The largest absolute Gasteiger partial charge is 0.493 e. The maximum absolute atomic E-state index is 11.7. The van der Waals surface area contributed by atoms with Gasteiger partial charge in [-0.1, -0.05) is 31.0 Å². The first kappa shape index (κ1) is 15.8. The molecule has 106 valence electrons. The average Bonchev–Trinajstić information content (AvgIpc) is 2.38. The zero-order valence-electron chi connectivity index (χ0n) is 11.4. The smallest absolute Gasteiger partial charge is 0.237 e. The predicted molar refractivity (Wildman–Crippen MR) is 77.4 cm³/mol. The molecule has 0 saturated heterocycles. The number of nitrogens with one attached hydrogen (secondary N) is 1. The molecule has 1 amide bonds. The molecule has 1 aromatic rings. The molecule has 4 nitrogen and oxygen atoms in total. The highest BCUT2D eigenvalue weighted by Crippen LogP contribution is 2.23. The maximum atomic E-state index is 11.7. The second kappa shape index (κ2) is 8.02. The zero-order chi connectivity index (χ0) is 14.3. The molecule has 0 aliphatic rings. The molecule has 0 aliphatic heterocycles. The van der Waals surface area contributed by atoms with Crippen LogP contribution in [-0.2, 0) is 11.3 Å². The van der Waals surface area contributed by atoms with E-state index in [1.807, 2.05) is 19.9 Å². The third-order valence-electron chi connectivity index (χ3n) is 2.72. The summed E-state index contributed by atoms with van der Waals surface area (Å²) < 4.78 is 5.49. The molecular weight excluding hydrogens is 264 g/mol. The first-order valence-corrected chi connectivity index (χ1v) is 6.90. The van der Waals surface area contributed by atoms with Crippen LogP contribution >= 0.6 is 11.6 Å². The van der Waals surface area contributed by atoms with Crippen molar-refractivity contribution in [2.75, 3.05) is 6.61 Å².